The molecule has 0 unspecified atom stereocenters. The highest BCUT2D eigenvalue weighted by Crippen LogP contribution is 2.12. The van der Waals surface area contributed by atoms with E-state index in [0.29, 0.717) is 5.03 Å². The van der Waals surface area contributed by atoms with Gasteiger partial charge in [0.05, 0.1) is 12.4 Å². The van der Waals surface area contributed by atoms with Crippen molar-refractivity contribution in [2.45, 2.75) is 11.6 Å². The van der Waals surface area contributed by atoms with Gasteiger partial charge in [-0.05, 0) is 6.26 Å². The summed E-state index contributed by atoms with van der Waals surface area (Å²) in [7, 11) is 0. The van der Waals surface area contributed by atoms with Gasteiger partial charge in [0.15, 0.2) is 0 Å². The fourth-order valence-electron chi connectivity index (χ4n) is 0.913. The molecule has 5 nitrogen and oxygen atoms in total. The van der Waals surface area contributed by atoms with E-state index >= 15 is 0 Å². The summed E-state index contributed by atoms with van der Waals surface area (Å²) in [6, 6.07) is 3.61. The van der Waals surface area contributed by atoms with Crippen molar-refractivity contribution in [3.8, 4) is 12.1 Å². The van der Waals surface area contributed by atoms with Crippen molar-refractivity contribution in [1.82, 2.24) is 9.55 Å². The van der Waals surface area contributed by atoms with Crippen molar-refractivity contribution in [3.05, 3.63) is 22.2 Å². The average Bonchev–Trinajstić information content (AvgIpc) is 2.21. The minimum absolute atomic E-state index is 0.00440. The number of nitriles is 2. The summed E-state index contributed by atoms with van der Waals surface area (Å²) < 4.78 is 1.11. The van der Waals surface area contributed by atoms with Gasteiger partial charge in [0, 0.05) is 0 Å². The molecule has 0 fully saturated rings. The Labute approximate surface area is 84.6 Å². The summed E-state index contributed by atoms with van der Waals surface area (Å²) in [5.41, 5.74) is -0.469. The van der Waals surface area contributed by atoms with E-state index in [9.17, 15) is 4.79 Å². The third-order valence-corrected chi connectivity index (χ3v) is 2.25. The van der Waals surface area contributed by atoms with Crippen LogP contribution < -0.4 is 5.56 Å². The van der Waals surface area contributed by atoms with Crippen LogP contribution in [0.4, 0.5) is 0 Å². The maximum atomic E-state index is 11.5. The minimum atomic E-state index is -0.464. The maximum absolute atomic E-state index is 11.5. The highest BCUT2D eigenvalue weighted by Gasteiger charge is 2.09. The fraction of sp³-hybridized carbons (Fsp3) is 0.250. The quantitative estimate of drug-likeness (QED) is 0.515. The van der Waals surface area contributed by atoms with Gasteiger partial charge in [0.2, 0.25) is 0 Å². The van der Waals surface area contributed by atoms with E-state index in [-0.39, 0.29) is 12.1 Å². The van der Waals surface area contributed by atoms with Crippen LogP contribution >= 0.6 is 11.8 Å². The number of nitrogens with zero attached hydrogens (tertiary/aromatic N) is 4. The minimum Gasteiger partial charge on any atom is -0.284 e. The van der Waals surface area contributed by atoms with Crippen LogP contribution in [0.15, 0.2) is 16.1 Å². The molecular formula is C8H6N4OS. The van der Waals surface area contributed by atoms with Gasteiger partial charge in [-0.3, -0.25) is 9.36 Å². The number of hydrogen-bond acceptors (Lipinski definition) is 5. The lowest BCUT2D eigenvalue weighted by Gasteiger charge is -2.01. The third kappa shape index (κ3) is 1.76. The predicted octanol–water partition coefficient (Wildman–Crippen LogP) is 0.360. The molecule has 0 aromatic carbocycles. The van der Waals surface area contributed by atoms with E-state index in [1.807, 2.05) is 6.07 Å². The SMILES string of the molecule is CSc1ncn(CC#N)c(=O)c1C#N. The molecule has 1 aromatic rings. The van der Waals surface area contributed by atoms with Gasteiger partial charge in [0.1, 0.15) is 23.2 Å². The normalized spacial score (nSPS) is 9.07. The Morgan fingerprint density at radius 2 is 2.36 bits per heavy atom. The molecular weight excluding hydrogens is 200 g/mol. The van der Waals surface area contributed by atoms with E-state index in [2.05, 4.69) is 4.98 Å². The summed E-state index contributed by atoms with van der Waals surface area (Å²) in [4.78, 5) is 15.4. The standard InChI is InChI=1S/C8H6N4OS/c1-14-7-6(4-10)8(13)12(3-2-9)5-11-7/h5H,3H2,1H3. The predicted molar refractivity (Wildman–Crippen MR) is 50.6 cm³/mol. The highest BCUT2D eigenvalue weighted by molar-refractivity contribution is 7.98. The van der Waals surface area contributed by atoms with Crippen LogP contribution in [0.5, 0.6) is 0 Å². The van der Waals surface area contributed by atoms with E-state index < -0.39 is 5.56 Å². The number of thioether (sulfide) groups is 1. The van der Waals surface area contributed by atoms with Gasteiger partial charge in [0.25, 0.3) is 5.56 Å². The van der Waals surface area contributed by atoms with Crippen LogP contribution in [0.3, 0.4) is 0 Å². The molecule has 0 N–H and O–H groups in total. The van der Waals surface area contributed by atoms with Gasteiger partial charge < -0.3 is 0 Å². The first kappa shape index (κ1) is 10.3. The number of aromatic nitrogens is 2. The summed E-state index contributed by atoms with van der Waals surface area (Å²) in [5, 5.41) is 17.5. The van der Waals surface area contributed by atoms with Gasteiger partial charge in [-0.25, -0.2) is 4.98 Å². The summed E-state index contributed by atoms with van der Waals surface area (Å²) in [6.07, 6.45) is 3.01. The molecule has 0 spiro atoms. The topological polar surface area (TPSA) is 82.5 Å². The van der Waals surface area contributed by atoms with Crippen molar-refractivity contribution in [2.24, 2.45) is 0 Å². The summed E-state index contributed by atoms with van der Waals surface area (Å²) in [6.45, 7) is -0.0881. The van der Waals surface area contributed by atoms with E-state index in [4.69, 9.17) is 10.5 Å². The Bertz CT molecular complexity index is 480. The number of hydrogen-bond donors (Lipinski definition) is 0. The molecule has 0 saturated heterocycles. The lowest BCUT2D eigenvalue weighted by Crippen LogP contribution is -2.23. The molecule has 0 radical (unpaired) electrons. The van der Waals surface area contributed by atoms with E-state index in [0.717, 1.165) is 4.57 Å². The Hall–Kier alpha value is -1.79. The van der Waals surface area contributed by atoms with Crippen molar-refractivity contribution >= 4 is 11.8 Å². The van der Waals surface area contributed by atoms with E-state index in [1.165, 1.54) is 18.1 Å². The molecule has 14 heavy (non-hydrogen) atoms. The Morgan fingerprint density at radius 1 is 1.64 bits per heavy atom. The van der Waals surface area contributed by atoms with Gasteiger partial charge in [-0.15, -0.1) is 11.8 Å². The Balaban J connectivity index is 3.39. The third-order valence-electron chi connectivity index (χ3n) is 1.55. The van der Waals surface area contributed by atoms with Crippen LogP contribution in [0.1, 0.15) is 5.56 Å². The fourth-order valence-corrected chi connectivity index (χ4v) is 1.40. The molecule has 0 bridgehead atoms. The molecule has 0 atom stereocenters. The second-order valence-electron chi connectivity index (χ2n) is 2.33. The van der Waals surface area contributed by atoms with Crippen LogP contribution in [0.25, 0.3) is 0 Å². The van der Waals surface area contributed by atoms with Gasteiger partial charge in [-0.1, -0.05) is 0 Å². The molecule has 1 aromatic heterocycles. The Kier molecular flexibility index (Phi) is 3.27. The molecule has 70 valence electrons. The van der Waals surface area contributed by atoms with Crippen molar-refractivity contribution < 1.29 is 0 Å². The smallest absolute Gasteiger partial charge is 0.273 e. The first-order valence-corrected chi connectivity index (χ1v) is 4.87. The molecule has 0 aliphatic carbocycles. The molecule has 6 heteroatoms. The second-order valence-corrected chi connectivity index (χ2v) is 3.13. The van der Waals surface area contributed by atoms with Crippen LogP contribution in [-0.4, -0.2) is 15.8 Å². The average molecular weight is 206 g/mol. The molecule has 0 aliphatic rings. The molecule has 0 amide bonds. The summed E-state index contributed by atoms with van der Waals surface area (Å²) in [5.74, 6) is 0. The van der Waals surface area contributed by atoms with Crippen molar-refractivity contribution in [1.29, 1.82) is 10.5 Å². The van der Waals surface area contributed by atoms with E-state index in [1.54, 1.807) is 12.3 Å². The zero-order valence-corrected chi connectivity index (χ0v) is 8.21. The number of rotatable bonds is 2. The maximum Gasteiger partial charge on any atom is 0.273 e. The monoisotopic (exact) mass is 206 g/mol. The molecule has 0 saturated carbocycles. The van der Waals surface area contributed by atoms with Gasteiger partial charge in [-0.2, -0.15) is 10.5 Å². The first-order valence-electron chi connectivity index (χ1n) is 3.65. The largest absolute Gasteiger partial charge is 0.284 e. The van der Waals surface area contributed by atoms with Crippen LogP contribution in [-0.2, 0) is 6.54 Å². The van der Waals surface area contributed by atoms with Crippen LogP contribution in [0, 0.1) is 22.7 Å². The van der Waals surface area contributed by atoms with Crippen LogP contribution in [0.2, 0.25) is 0 Å². The van der Waals surface area contributed by atoms with Gasteiger partial charge >= 0.3 is 0 Å². The lowest BCUT2D eigenvalue weighted by atomic mass is 10.4. The van der Waals surface area contributed by atoms with Crippen molar-refractivity contribution in [3.63, 3.8) is 0 Å². The molecule has 1 rings (SSSR count). The van der Waals surface area contributed by atoms with Crippen molar-refractivity contribution in [2.75, 3.05) is 6.26 Å². The first-order chi connectivity index (χ1) is 6.74. The zero-order valence-electron chi connectivity index (χ0n) is 7.39. The summed E-state index contributed by atoms with van der Waals surface area (Å²) >= 11 is 1.23. The highest BCUT2D eigenvalue weighted by atomic mass is 32.2. The molecule has 1 heterocycles. The zero-order chi connectivity index (χ0) is 10.6. The Morgan fingerprint density at radius 3 is 2.86 bits per heavy atom. The lowest BCUT2D eigenvalue weighted by molar-refractivity contribution is 0.738. The molecule has 0 aliphatic heterocycles. The second kappa shape index (κ2) is 4.45.